The molecule has 1 radical (unpaired) electrons. The molecule has 0 aliphatic rings. The molecule has 0 saturated carbocycles. The van der Waals surface area contributed by atoms with Crippen molar-refractivity contribution in [3.63, 3.8) is 0 Å². The summed E-state index contributed by atoms with van der Waals surface area (Å²) < 4.78 is 0. The van der Waals surface area contributed by atoms with Gasteiger partial charge in [-0.2, -0.15) is 0 Å². The van der Waals surface area contributed by atoms with Crippen LogP contribution in [0.5, 0.6) is 0 Å². The number of hydrogen-bond donors (Lipinski definition) is 0. The van der Waals surface area contributed by atoms with Crippen LogP contribution < -0.4 is 0 Å². The van der Waals surface area contributed by atoms with Crippen LogP contribution in [0.2, 0.25) is 0 Å². The van der Waals surface area contributed by atoms with Crippen LogP contribution in [0.3, 0.4) is 0 Å². The molecule has 0 aromatic heterocycles. The predicted octanol–water partition coefficient (Wildman–Crippen LogP) is 0.523. The van der Waals surface area contributed by atoms with Crippen LogP contribution in [-0.2, 0) is 31.5 Å². The number of hydrogen-bond acceptors (Lipinski definition) is 3. The number of allylic oxidation sites excluding steroid dienone is 1. The third-order valence-electron chi connectivity index (χ3n) is 0.204. The Bertz CT molecular complexity index is 75.0. The molecular formula is C7H9FeO3. The van der Waals surface area contributed by atoms with Crippen LogP contribution in [0.15, 0.2) is 18.4 Å². The predicted molar refractivity (Wildman–Crippen MR) is 39.6 cm³/mol. The van der Waals surface area contributed by atoms with Crippen molar-refractivity contribution in [2.24, 2.45) is 0 Å². The summed E-state index contributed by atoms with van der Waals surface area (Å²) in [5.41, 5.74) is 2.56. The maximum atomic E-state index is 7.75. The van der Waals surface area contributed by atoms with Crippen molar-refractivity contribution in [1.82, 2.24) is 0 Å². The zero-order valence-corrected chi connectivity index (χ0v) is 7.20. The number of carbonyl (C=O) groups excluding carboxylic acids is 3. The van der Waals surface area contributed by atoms with E-state index in [2.05, 4.69) is 32.7 Å². The van der Waals surface area contributed by atoms with Crippen molar-refractivity contribution < 1.29 is 31.5 Å². The second kappa shape index (κ2) is 532. The summed E-state index contributed by atoms with van der Waals surface area (Å²) in [7, 11) is 0. The molecule has 63 valence electrons. The second-order valence-corrected chi connectivity index (χ2v) is 0.493. The van der Waals surface area contributed by atoms with Crippen LogP contribution in [0.4, 0.5) is 0 Å². The van der Waals surface area contributed by atoms with Gasteiger partial charge < -0.3 is 14.4 Å². The largest absolute Gasteiger partial charge is 3.00 e. The molecule has 0 atom stereocenters. The van der Waals surface area contributed by atoms with Crippen LogP contribution in [0, 0.1) is 0 Å². The van der Waals surface area contributed by atoms with Crippen molar-refractivity contribution >= 4 is 20.4 Å². The van der Waals surface area contributed by atoms with E-state index in [-0.39, 0.29) is 17.1 Å². The SMILES string of the molecule is C=C=CC.[CH-]=O.[CH-]=O.[CH-]=O.[Fe+3]. The van der Waals surface area contributed by atoms with E-state index in [0.717, 1.165) is 0 Å². The molecule has 4 heteroatoms. The zero-order chi connectivity index (χ0) is 9.41. The molecule has 0 fully saturated rings. The van der Waals surface area contributed by atoms with Gasteiger partial charge in [0.2, 0.25) is 0 Å². The normalized spacial score (nSPS) is 2.64. The average molecular weight is 197 g/mol. The first-order valence-corrected chi connectivity index (χ1v) is 1.93. The third kappa shape index (κ3) is 184000. The Labute approximate surface area is 77.6 Å². The first-order valence-electron chi connectivity index (χ1n) is 1.93. The van der Waals surface area contributed by atoms with Crippen LogP contribution in [0.1, 0.15) is 6.92 Å². The smallest absolute Gasteiger partial charge is 0.545 e. The Balaban J connectivity index is -0.0000000152. The molecule has 0 aliphatic carbocycles. The van der Waals surface area contributed by atoms with Gasteiger partial charge in [0.1, 0.15) is 0 Å². The zero-order valence-electron chi connectivity index (χ0n) is 6.09. The molecule has 0 amide bonds. The topological polar surface area (TPSA) is 51.2 Å². The summed E-state index contributed by atoms with van der Waals surface area (Å²) in [5, 5.41) is 0. The Hall–Kier alpha value is -0.951. The summed E-state index contributed by atoms with van der Waals surface area (Å²) >= 11 is 0. The second-order valence-electron chi connectivity index (χ2n) is 0.493. The van der Waals surface area contributed by atoms with Crippen LogP contribution >= 0.6 is 0 Å². The molecule has 11 heavy (non-hydrogen) atoms. The fourth-order valence-electron chi connectivity index (χ4n) is 0. The summed E-state index contributed by atoms with van der Waals surface area (Å²) in [5.74, 6) is 0. The molecular weight excluding hydrogens is 188 g/mol. The monoisotopic (exact) mass is 197 g/mol. The van der Waals surface area contributed by atoms with Gasteiger partial charge in [0, 0.05) is 0 Å². The van der Waals surface area contributed by atoms with E-state index in [1.165, 1.54) is 0 Å². The maximum Gasteiger partial charge on any atom is 3.00 e. The molecule has 0 spiro atoms. The van der Waals surface area contributed by atoms with Gasteiger partial charge in [0.25, 0.3) is 0 Å². The fraction of sp³-hybridized carbons (Fsp3) is 0.143. The van der Waals surface area contributed by atoms with Gasteiger partial charge in [-0.05, 0) is 13.0 Å². The van der Waals surface area contributed by atoms with E-state index >= 15 is 0 Å². The van der Waals surface area contributed by atoms with E-state index in [4.69, 9.17) is 14.4 Å². The Morgan fingerprint density at radius 2 is 1.18 bits per heavy atom. The summed E-state index contributed by atoms with van der Waals surface area (Å²) in [6.45, 7) is 14.9. The molecule has 0 aromatic rings. The summed E-state index contributed by atoms with van der Waals surface area (Å²) in [6, 6.07) is 0. The molecule has 0 heterocycles. The van der Waals surface area contributed by atoms with Gasteiger partial charge in [-0.1, -0.05) is 6.58 Å². The van der Waals surface area contributed by atoms with E-state index in [1.54, 1.807) is 6.08 Å². The van der Waals surface area contributed by atoms with E-state index in [1.807, 2.05) is 6.92 Å². The molecule has 0 rings (SSSR count). The van der Waals surface area contributed by atoms with Crippen molar-refractivity contribution in [3.8, 4) is 0 Å². The van der Waals surface area contributed by atoms with Crippen molar-refractivity contribution in [2.75, 3.05) is 0 Å². The quantitative estimate of drug-likeness (QED) is 0.246. The minimum Gasteiger partial charge on any atom is -0.545 e. The van der Waals surface area contributed by atoms with Crippen molar-refractivity contribution in [2.45, 2.75) is 6.92 Å². The maximum absolute atomic E-state index is 7.75. The first kappa shape index (κ1) is 32.3. The molecule has 0 aliphatic heterocycles. The number of rotatable bonds is 0. The first-order chi connectivity index (χ1) is 4.91. The third-order valence-corrected chi connectivity index (χ3v) is 0.204. The molecule has 0 bridgehead atoms. The van der Waals surface area contributed by atoms with Crippen LogP contribution in [0.25, 0.3) is 0 Å². The average Bonchev–Trinajstić information content (AvgIpc) is 2.14. The Morgan fingerprint density at radius 3 is 1.18 bits per heavy atom. The minimum absolute atomic E-state index is 0. The van der Waals surface area contributed by atoms with Crippen LogP contribution in [-0.4, -0.2) is 20.4 Å². The molecule has 3 nitrogen and oxygen atoms in total. The van der Waals surface area contributed by atoms with Gasteiger partial charge >= 0.3 is 17.1 Å². The Kier molecular flexibility index (Phi) is 1560. The van der Waals surface area contributed by atoms with Gasteiger partial charge in [-0.3, -0.25) is 20.4 Å². The Morgan fingerprint density at radius 1 is 1.09 bits per heavy atom. The fourth-order valence-corrected chi connectivity index (χ4v) is 0. The molecule has 0 unspecified atom stereocenters. The van der Waals surface area contributed by atoms with E-state index < -0.39 is 0 Å². The van der Waals surface area contributed by atoms with Gasteiger partial charge in [0.05, 0.1) is 0 Å². The van der Waals surface area contributed by atoms with Crippen molar-refractivity contribution in [3.05, 3.63) is 18.4 Å². The van der Waals surface area contributed by atoms with Gasteiger partial charge in [0.15, 0.2) is 0 Å². The molecule has 0 aromatic carbocycles. The van der Waals surface area contributed by atoms with Crippen molar-refractivity contribution in [1.29, 1.82) is 0 Å². The standard InChI is InChI=1S/C4H6.3CHO.Fe/c1-3-4-2;3*1-2;/h4H,1H2,2H3;3*1H;/q;3*-1;+3. The van der Waals surface area contributed by atoms with Gasteiger partial charge in [-0.25, -0.2) is 0 Å². The summed E-state index contributed by atoms with van der Waals surface area (Å²) in [6.07, 6.45) is 1.76. The minimum atomic E-state index is 0. The molecule has 0 N–H and O–H groups in total. The van der Waals surface area contributed by atoms with E-state index in [0.29, 0.717) is 0 Å². The van der Waals surface area contributed by atoms with E-state index in [9.17, 15) is 0 Å². The van der Waals surface area contributed by atoms with Gasteiger partial charge in [-0.15, -0.1) is 5.73 Å². The molecule has 0 saturated heterocycles. The summed E-state index contributed by atoms with van der Waals surface area (Å²) in [4.78, 5) is 23.2.